The molecule has 0 aliphatic carbocycles. The molecule has 1 saturated heterocycles. The number of carbonyl (C=O) groups excluding carboxylic acids is 1. The number of ketones is 1. The van der Waals surface area contributed by atoms with E-state index in [-0.39, 0.29) is 28.2 Å². The van der Waals surface area contributed by atoms with Crippen LogP contribution in [0.1, 0.15) is 33.2 Å². The fourth-order valence-electron chi connectivity index (χ4n) is 3.70. The van der Waals surface area contributed by atoms with Crippen molar-refractivity contribution in [2.24, 2.45) is 0 Å². The highest BCUT2D eigenvalue weighted by molar-refractivity contribution is 6.13. The van der Waals surface area contributed by atoms with Crippen LogP contribution in [-0.2, 0) is 11.3 Å². The predicted molar refractivity (Wildman–Crippen MR) is 107 cm³/mol. The smallest absolute Gasteiger partial charge is 0.200 e. The molecule has 11 heteroatoms. The maximum Gasteiger partial charge on any atom is 0.200 e. The molecule has 1 aliphatic heterocycles. The van der Waals surface area contributed by atoms with Crippen molar-refractivity contribution in [2.75, 3.05) is 13.7 Å². The zero-order valence-corrected chi connectivity index (χ0v) is 16.9. The summed E-state index contributed by atoms with van der Waals surface area (Å²) < 4.78 is 10.4. The number of phenolic OH excluding ortho intramolecular Hbond substituents is 3. The minimum Gasteiger partial charge on any atom is -0.507 e. The molecule has 3 rings (SSSR count). The second-order valence-electron chi connectivity index (χ2n) is 7.32. The second-order valence-corrected chi connectivity index (χ2v) is 7.32. The Morgan fingerprint density at radius 2 is 1.69 bits per heavy atom. The Bertz CT molecular complexity index is 1000. The summed E-state index contributed by atoms with van der Waals surface area (Å²) in [7, 11) is 1.27. The van der Waals surface area contributed by atoms with Gasteiger partial charge in [0.2, 0.25) is 5.78 Å². The molecular weight excluding hydrogens is 428 g/mol. The fraction of sp³-hybridized carbons (Fsp3) is 0.381. The molecule has 8 N–H and O–H groups in total. The highest BCUT2D eigenvalue weighted by Crippen LogP contribution is 2.44. The highest BCUT2D eigenvalue weighted by atomic mass is 16.5. The molecule has 174 valence electrons. The van der Waals surface area contributed by atoms with Crippen LogP contribution in [0.25, 0.3) is 0 Å². The summed E-state index contributed by atoms with van der Waals surface area (Å²) in [6, 6.07) is 4.58. The third-order valence-corrected chi connectivity index (χ3v) is 5.42. The minimum atomic E-state index is -1.80. The zero-order chi connectivity index (χ0) is 23.7. The van der Waals surface area contributed by atoms with Gasteiger partial charge in [-0.1, -0.05) is 0 Å². The average molecular weight is 452 g/mol. The number of carbonyl (C=O) groups is 1. The molecular formula is C21H24O11. The van der Waals surface area contributed by atoms with Crippen LogP contribution in [0.2, 0.25) is 0 Å². The topological polar surface area (TPSA) is 197 Å². The third-order valence-electron chi connectivity index (χ3n) is 5.42. The SMILES string of the molecule is COc1cc(C(=O)c2c(O)cc(CO)c([C@@H]3OC(CO)[C@@H](O)[C@@H](O)C3O)c2O)ccc1O. The molecule has 1 heterocycles. The van der Waals surface area contributed by atoms with Gasteiger partial charge in [-0.25, -0.2) is 0 Å². The van der Waals surface area contributed by atoms with Crippen LogP contribution in [0.4, 0.5) is 0 Å². The minimum absolute atomic E-state index is 0.0315. The van der Waals surface area contributed by atoms with Crippen LogP contribution < -0.4 is 4.74 Å². The summed E-state index contributed by atoms with van der Waals surface area (Å²) in [4.78, 5) is 13.1. The predicted octanol–water partition coefficient (Wildman–Crippen LogP) is -0.950. The largest absolute Gasteiger partial charge is 0.507 e. The van der Waals surface area contributed by atoms with E-state index >= 15 is 0 Å². The monoisotopic (exact) mass is 452 g/mol. The lowest BCUT2D eigenvalue weighted by Gasteiger charge is -2.41. The standard InChI is InChI=1S/C21H24O11/c1-31-12-5-8(2-3-10(12)24)16(26)15-11(25)4-9(6-22)14(18(15)28)21-20(30)19(29)17(27)13(7-23)32-21/h2-5,13,17,19-25,27-30H,6-7H2,1H3/t13?,17-,19-,20?,21+/m1/s1. The van der Waals surface area contributed by atoms with E-state index in [0.29, 0.717) is 0 Å². The van der Waals surface area contributed by atoms with Crippen LogP contribution >= 0.6 is 0 Å². The molecule has 2 unspecified atom stereocenters. The molecule has 5 atom stereocenters. The van der Waals surface area contributed by atoms with Gasteiger partial charge < -0.3 is 50.3 Å². The van der Waals surface area contributed by atoms with Crippen LogP contribution in [0.15, 0.2) is 24.3 Å². The summed E-state index contributed by atoms with van der Waals surface area (Å²) in [6.07, 6.45) is -8.10. The molecule has 32 heavy (non-hydrogen) atoms. The van der Waals surface area contributed by atoms with Gasteiger partial charge in [-0.2, -0.15) is 0 Å². The van der Waals surface area contributed by atoms with Crippen molar-refractivity contribution < 1.29 is 55.1 Å². The molecule has 0 aromatic heterocycles. The van der Waals surface area contributed by atoms with Gasteiger partial charge in [0.1, 0.15) is 47.6 Å². The number of benzene rings is 2. The number of hydrogen-bond donors (Lipinski definition) is 8. The molecule has 11 nitrogen and oxygen atoms in total. The van der Waals surface area contributed by atoms with E-state index in [1.54, 1.807) is 0 Å². The summed E-state index contributed by atoms with van der Waals surface area (Å²) in [5.41, 5.74) is -1.09. The van der Waals surface area contributed by atoms with Crippen LogP contribution in [0.5, 0.6) is 23.0 Å². The summed E-state index contributed by atoms with van der Waals surface area (Å²) in [6.45, 7) is -1.47. The van der Waals surface area contributed by atoms with Crippen molar-refractivity contribution >= 4 is 5.78 Å². The molecule has 0 bridgehead atoms. The van der Waals surface area contributed by atoms with Crippen molar-refractivity contribution in [1.29, 1.82) is 0 Å². The third kappa shape index (κ3) is 3.97. The van der Waals surface area contributed by atoms with E-state index in [9.17, 15) is 45.6 Å². The van der Waals surface area contributed by atoms with E-state index in [0.717, 1.165) is 6.07 Å². The van der Waals surface area contributed by atoms with Crippen molar-refractivity contribution in [2.45, 2.75) is 37.1 Å². The van der Waals surface area contributed by atoms with Gasteiger partial charge in [0.05, 0.1) is 20.3 Å². The number of phenols is 3. The molecule has 0 amide bonds. The molecule has 2 aromatic carbocycles. The first-order chi connectivity index (χ1) is 15.2. The maximum absolute atomic E-state index is 13.1. The van der Waals surface area contributed by atoms with Gasteiger partial charge in [-0.3, -0.25) is 4.79 Å². The van der Waals surface area contributed by atoms with Gasteiger partial charge in [0.15, 0.2) is 11.5 Å². The van der Waals surface area contributed by atoms with E-state index in [1.165, 1.54) is 25.3 Å². The number of ether oxygens (including phenoxy) is 2. The molecule has 0 saturated carbocycles. The fourth-order valence-corrected chi connectivity index (χ4v) is 3.70. The van der Waals surface area contributed by atoms with E-state index in [1.807, 2.05) is 0 Å². The molecule has 0 spiro atoms. The van der Waals surface area contributed by atoms with Crippen molar-refractivity contribution in [1.82, 2.24) is 0 Å². The number of aliphatic hydroxyl groups is 5. The highest BCUT2D eigenvalue weighted by Gasteiger charge is 2.46. The van der Waals surface area contributed by atoms with Gasteiger partial charge >= 0.3 is 0 Å². The molecule has 1 fully saturated rings. The Morgan fingerprint density at radius 1 is 1.00 bits per heavy atom. The van der Waals surface area contributed by atoms with E-state index in [4.69, 9.17) is 9.47 Å². The lowest BCUT2D eigenvalue weighted by atomic mass is 9.86. The average Bonchev–Trinajstić information content (AvgIpc) is 2.78. The first-order valence-corrected chi connectivity index (χ1v) is 9.56. The lowest BCUT2D eigenvalue weighted by Crippen LogP contribution is -2.55. The van der Waals surface area contributed by atoms with Crippen molar-refractivity contribution in [3.63, 3.8) is 0 Å². The van der Waals surface area contributed by atoms with Crippen LogP contribution in [0, 0.1) is 0 Å². The van der Waals surface area contributed by atoms with Crippen LogP contribution in [0.3, 0.4) is 0 Å². The quantitative estimate of drug-likeness (QED) is 0.252. The Kier molecular flexibility index (Phi) is 6.88. The van der Waals surface area contributed by atoms with Crippen molar-refractivity contribution in [3.05, 3.63) is 46.5 Å². The maximum atomic E-state index is 13.1. The molecule has 0 radical (unpaired) electrons. The van der Waals surface area contributed by atoms with Gasteiger partial charge in [-0.05, 0) is 29.8 Å². The summed E-state index contributed by atoms with van der Waals surface area (Å²) in [5, 5.41) is 80.7. The number of aromatic hydroxyl groups is 3. The zero-order valence-electron chi connectivity index (χ0n) is 16.9. The Morgan fingerprint density at radius 3 is 2.28 bits per heavy atom. The Labute approximate surface area is 182 Å². The number of rotatable bonds is 6. The van der Waals surface area contributed by atoms with Gasteiger partial charge in [0, 0.05) is 11.1 Å². The van der Waals surface area contributed by atoms with Crippen molar-refractivity contribution in [3.8, 4) is 23.0 Å². The summed E-state index contributed by atoms with van der Waals surface area (Å²) >= 11 is 0. The Balaban J connectivity index is 2.15. The van der Waals surface area contributed by atoms with Crippen LogP contribution in [-0.4, -0.2) is 84.8 Å². The number of aliphatic hydroxyl groups excluding tert-OH is 5. The first-order valence-electron chi connectivity index (χ1n) is 9.56. The number of methoxy groups -OCH3 is 1. The van der Waals surface area contributed by atoms with Gasteiger partial charge in [-0.15, -0.1) is 0 Å². The number of hydrogen-bond acceptors (Lipinski definition) is 11. The molecule has 2 aromatic rings. The Hall–Kier alpha value is -2.93. The normalized spacial score (nSPS) is 25.5. The molecule has 1 aliphatic rings. The second kappa shape index (κ2) is 9.28. The van der Waals surface area contributed by atoms with E-state index < -0.39 is 66.6 Å². The summed E-state index contributed by atoms with van der Waals surface area (Å²) in [5.74, 6) is -2.67. The van der Waals surface area contributed by atoms with Gasteiger partial charge in [0.25, 0.3) is 0 Å². The first kappa shape index (κ1) is 23.7. The van der Waals surface area contributed by atoms with E-state index in [2.05, 4.69) is 0 Å². The lowest BCUT2D eigenvalue weighted by molar-refractivity contribution is -0.232.